The van der Waals surface area contributed by atoms with Crippen molar-refractivity contribution in [3.63, 3.8) is 0 Å². The van der Waals surface area contributed by atoms with Crippen LogP contribution in [0.4, 0.5) is 5.69 Å². The molecule has 0 fully saturated rings. The highest BCUT2D eigenvalue weighted by atomic mass is 16.6. The molecule has 1 aromatic rings. The Hall–Kier alpha value is -2.17. The summed E-state index contributed by atoms with van der Waals surface area (Å²) in [6.45, 7) is 1.17. The minimum atomic E-state index is -1.82. The average molecular weight is 233 g/mol. The number of hydrogen-bond donors (Lipinski definition) is 0. The molecule has 5 heteroatoms. The maximum Gasteiger partial charge on any atom is 0.304 e. The first-order chi connectivity index (χ1) is 8.03. The number of nitrogens with zero attached hydrogens (tertiary/aromatic N) is 1. The molecule has 1 aromatic carbocycles. The zero-order valence-electron chi connectivity index (χ0n) is 9.47. The molecule has 0 saturated carbocycles. The molecule has 0 spiro atoms. The van der Waals surface area contributed by atoms with Gasteiger partial charge in [0.05, 0.1) is 5.69 Å². The van der Waals surface area contributed by atoms with Crippen LogP contribution in [-0.2, 0) is 24.7 Å². The third-order valence-electron chi connectivity index (χ3n) is 2.76. The van der Waals surface area contributed by atoms with Crippen LogP contribution in [0.5, 0.6) is 0 Å². The molecule has 1 unspecified atom stereocenters. The fourth-order valence-corrected chi connectivity index (χ4v) is 2.02. The Morgan fingerprint density at radius 2 is 2.06 bits per heavy atom. The fourth-order valence-electron chi connectivity index (χ4n) is 2.02. The van der Waals surface area contributed by atoms with Gasteiger partial charge in [-0.1, -0.05) is 18.2 Å². The summed E-state index contributed by atoms with van der Waals surface area (Å²) >= 11 is 0. The highest BCUT2D eigenvalue weighted by Crippen LogP contribution is 2.40. The Labute approximate surface area is 98.0 Å². The van der Waals surface area contributed by atoms with E-state index in [2.05, 4.69) is 0 Å². The van der Waals surface area contributed by atoms with Crippen molar-refractivity contribution in [2.24, 2.45) is 0 Å². The number of rotatable bonds is 2. The van der Waals surface area contributed by atoms with E-state index in [4.69, 9.17) is 4.74 Å². The first kappa shape index (κ1) is 11.3. The molecular weight excluding hydrogens is 222 g/mol. The molecular formula is C12H11NO4. The van der Waals surface area contributed by atoms with Crippen molar-refractivity contribution in [3.05, 3.63) is 29.8 Å². The molecule has 1 amide bonds. The van der Waals surface area contributed by atoms with E-state index in [9.17, 15) is 14.4 Å². The number of para-hydroxylation sites is 1. The van der Waals surface area contributed by atoms with Crippen LogP contribution in [0.15, 0.2) is 24.3 Å². The van der Waals surface area contributed by atoms with Gasteiger partial charge in [0.1, 0.15) is 0 Å². The quantitative estimate of drug-likeness (QED) is 0.427. The number of hydrogen-bond acceptors (Lipinski definition) is 4. The normalized spacial score (nSPS) is 22.2. The third kappa shape index (κ3) is 1.43. The molecule has 0 aliphatic carbocycles. The molecule has 88 valence electrons. The number of carbonyl (C=O) groups excluding carboxylic acids is 3. The lowest BCUT2D eigenvalue weighted by Gasteiger charge is -2.20. The Balaban J connectivity index is 2.64. The first-order valence-electron chi connectivity index (χ1n) is 5.06. The molecule has 5 nitrogen and oxygen atoms in total. The van der Waals surface area contributed by atoms with Crippen LogP contribution in [0.3, 0.4) is 0 Å². The smallest absolute Gasteiger partial charge is 0.304 e. The van der Waals surface area contributed by atoms with E-state index >= 15 is 0 Å². The number of carbonyl (C=O) groups is 3. The number of fused-ring (bicyclic) bond motifs is 1. The van der Waals surface area contributed by atoms with Crippen molar-refractivity contribution in [1.82, 2.24) is 0 Å². The predicted molar refractivity (Wildman–Crippen MR) is 59.4 cm³/mol. The van der Waals surface area contributed by atoms with Crippen LogP contribution in [0.25, 0.3) is 0 Å². The van der Waals surface area contributed by atoms with E-state index in [-0.39, 0.29) is 0 Å². The van der Waals surface area contributed by atoms with Gasteiger partial charge in [-0.15, -0.1) is 0 Å². The minimum Gasteiger partial charge on any atom is -0.436 e. The predicted octanol–water partition coefficient (Wildman–Crippen LogP) is 0.620. The van der Waals surface area contributed by atoms with E-state index in [1.165, 1.54) is 18.9 Å². The summed E-state index contributed by atoms with van der Waals surface area (Å²) in [4.78, 5) is 35.7. The molecule has 0 radical (unpaired) electrons. The van der Waals surface area contributed by atoms with E-state index < -0.39 is 17.5 Å². The first-order valence-corrected chi connectivity index (χ1v) is 5.06. The van der Waals surface area contributed by atoms with E-state index in [0.29, 0.717) is 17.5 Å². The molecule has 1 aliphatic rings. The number of likely N-dealkylation sites (N-methyl/N-ethyl adjacent to an activating group) is 1. The van der Waals surface area contributed by atoms with Gasteiger partial charge in [0.2, 0.25) is 0 Å². The molecule has 1 atom stereocenters. The van der Waals surface area contributed by atoms with E-state index in [1.807, 2.05) is 0 Å². The summed E-state index contributed by atoms with van der Waals surface area (Å²) in [6.07, 6.45) is 0.374. The second-order valence-electron chi connectivity index (χ2n) is 3.83. The summed E-state index contributed by atoms with van der Waals surface area (Å²) < 4.78 is 4.96. The van der Waals surface area contributed by atoms with Crippen LogP contribution in [0.2, 0.25) is 0 Å². The molecule has 1 heterocycles. The van der Waals surface area contributed by atoms with Crippen LogP contribution in [-0.4, -0.2) is 25.2 Å². The highest BCUT2D eigenvalue weighted by molar-refractivity contribution is 6.16. The van der Waals surface area contributed by atoms with Crippen molar-refractivity contribution in [2.75, 3.05) is 11.9 Å². The van der Waals surface area contributed by atoms with Crippen LogP contribution >= 0.6 is 0 Å². The number of benzene rings is 1. The average Bonchev–Trinajstić information content (AvgIpc) is 2.52. The molecule has 2 rings (SSSR count). The van der Waals surface area contributed by atoms with Gasteiger partial charge in [0.15, 0.2) is 6.29 Å². The number of esters is 1. The monoisotopic (exact) mass is 233 g/mol. The largest absolute Gasteiger partial charge is 0.436 e. The Bertz CT molecular complexity index is 511. The molecule has 0 saturated heterocycles. The van der Waals surface area contributed by atoms with Gasteiger partial charge in [0, 0.05) is 19.5 Å². The minimum absolute atomic E-state index is 0.374. The summed E-state index contributed by atoms with van der Waals surface area (Å²) in [5, 5.41) is 0. The van der Waals surface area contributed by atoms with Crippen molar-refractivity contribution < 1.29 is 19.1 Å². The van der Waals surface area contributed by atoms with E-state index in [0.717, 1.165) is 0 Å². The number of anilines is 1. The Morgan fingerprint density at radius 1 is 1.41 bits per heavy atom. The van der Waals surface area contributed by atoms with Crippen molar-refractivity contribution >= 4 is 23.9 Å². The zero-order valence-corrected chi connectivity index (χ0v) is 9.47. The number of ether oxygens (including phenoxy) is 1. The topological polar surface area (TPSA) is 63.7 Å². The SMILES string of the molecule is CC(=O)OC1(C=O)C(=O)N(C)c2ccccc21. The molecule has 17 heavy (non-hydrogen) atoms. The molecule has 0 bridgehead atoms. The van der Waals surface area contributed by atoms with Crippen LogP contribution in [0.1, 0.15) is 12.5 Å². The maximum absolute atomic E-state index is 12.1. The highest BCUT2D eigenvalue weighted by Gasteiger charge is 2.53. The second-order valence-corrected chi connectivity index (χ2v) is 3.83. The lowest BCUT2D eigenvalue weighted by Crippen LogP contribution is -2.43. The van der Waals surface area contributed by atoms with Crippen LogP contribution in [0, 0.1) is 0 Å². The Morgan fingerprint density at radius 3 is 2.65 bits per heavy atom. The van der Waals surface area contributed by atoms with Gasteiger partial charge in [-0.3, -0.25) is 14.4 Å². The third-order valence-corrected chi connectivity index (χ3v) is 2.76. The summed E-state index contributed by atoms with van der Waals surface area (Å²) in [6, 6.07) is 6.74. The molecule has 0 N–H and O–H groups in total. The molecule has 1 aliphatic heterocycles. The Kier molecular flexibility index (Phi) is 2.46. The van der Waals surface area contributed by atoms with Crippen LogP contribution < -0.4 is 4.90 Å². The van der Waals surface area contributed by atoms with Crippen molar-refractivity contribution in [2.45, 2.75) is 12.5 Å². The van der Waals surface area contributed by atoms with Crippen molar-refractivity contribution in [1.29, 1.82) is 0 Å². The zero-order chi connectivity index (χ0) is 12.6. The second kappa shape index (κ2) is 3.69. The number of aldehydes is 1. The summed E-state index contributed by atoms with van der Waals surface area (Å²) in [5.41, 5.74) is -0.847. The van der Waals surface area contributed by atoms with Gasteiger partial charge in [-0.05, 0) is 6.07 Å². The molecule has 0 aromatic heterocycles. The van der Waals surface area contributed by atoms with Gasteiger partial charge in [-0.25, -0.2) is 0 Å². The van der Waals surface area contributed by atoms with Gasteiger partial charge >= 0.3 is 5.97 Å². The standard InChI is InChI=1S/C12H11NO4/c1-8(15)17-12(7-14)9-5-3-4-6-10(9)13(2)11(12)16/h3-7H,1-2H3. The van der Waals surface area contributed by atoms with E-state index in [1.54, 1.807) is 24.3 Å². The lowest BCUT2D eigenvalue weighted by atomic mass is 9.97. The maximum atomic E-state index is 12.1. The van der Waals surface area contributed by atoms with Crippen molar-refractivity contribution in [3.8, 4) is 0 Å². The fraction of sp³-hybridized carbons (Fsp3) is 0.250. The van der Waals surface area contributed by atoms with Gasteiger partial charge in [-0.2, -0.15) is 0 Å². The van der Waals surface area contributed by atoms with Gasteiger partial charge in [0.25, 0.3) is 11.5 Å². The lowest BCUT2D eigenvalue weighted by molar-refractivity contribution is -0.167. The number of amides is 1. The summed E-state index contributed by atoms with van der Waals surface area (Å²) in [5.74, 6) is -1.22. The van der Waals surface area contributed by atoms with Gasteiger partial charge < -0.3 is 9.64 Å². The summed E-state index contributed by atoms with van der Waals surface area (Å²) in [7, 11) is 1.54.